The van der Waals surface area contributed by atoms with Crippen molar-refractivity contribution in [3.8, 4) is 0 Å². The Morgan fingerprint density at radius 1 is 1.25 bits per heavy atom. The van der Waals surface area contributed by atoms with Crippen molar-refractivity contribution in [2.24, 2.45) is 5.92 Å². The lowest BCUT2D eigenvalue weighted by Crippen LogP contribution is -2.03. The third kappa shape index (κ3) is 2.27. The highest BCUT2D eigenvalue weighted by molar-refractivity contribution is 9.12. The van der Waals surface area contributed by atoms with Gasteiger partial charge in [0, 0.05) is 5.92 Å². The molecule has 2 rings (SSSR count). The van der Waals surface area contributed by atoms with Gasteiger partial charge in [-0.2, -0.15) is 0 Å². The van der Waals surface area contributed by atoms with Gasteiger partial charge in [0.2, 0.25) is 0 Å². The summed E-state index contributed by atoms with van der Waals surface area (Å²) in [6.07, 6.45) is 0.991. The van der Waals surface area contributed by atoms with Crippen LogP contribution in [-0.4, -0.2) is 5.78 Å². The van der Waals surface area contributed by atoms with Crippen molar-refractivity contribution >= 4 is 21.7 Å². The van der Waals surface area contributed by atoms with Crippen LogP contribution < -0.4 is 0 Å². The number of benzene rings is 1. The minimum absolute atomic E-state index is 0.187. The standard InChI is InChI=1S/C14H15BrO/c1-9(2)13(15)14(16)12-8-11(12)10-6-4-3-5-7-10/h3-7,11-12H,8H2,1-2H3/t11-,12+/m0/s1. The molecule has 0 aromatic heterocycles. The van der Waals surface area contributed by atoms with E-state index < -0.39 is 0 Å². The Hall–Kier alpha value is -0.890. The number of halogens is 1. The van der Waals surface area contributed by atoms with Gasteiger partial charge in [0.05, 0.1) is 4.48 Å². The molecule has 0 spiro atoms. The smallest absolute Gasteiger partial charge is 0.173 e. The third-order valence-electron chi connectivity index (χ3n) is 3.01. The van der Waals surface area contributed by atoms with Crippen molar-refractivity contribution in [3.05, 3.63) is 46.0 Å². The average Bonchev–Trinajstić information content (AvgIpc) is 3.08. The largest absolute Gasteiger partial charge is 0.293 e. The predicted molar refractivity (Wildman–Crippen MR) is 69.6 cm³/mol. The lowest BCUT2D eigenvalue weighted by Gasteiger charge is -2.01. The van der Waals surface area contributed by atoms with E-state index in [4.69, 9.17) is 0 Å². The zero-order valence-electron chi connectivity index (χ0n) is 9.53. The Morgan fingerprint density at radius 2 is 1.88 bits per heavy atom. The van der Waals surface area contributed by atoms with E-state index in [0.29, 0.717) is 5.92 Å². The van der Waals surface area contributed by atoms with Crippen molar-refractivity contribution in [3.63, 3.8) is 0 Å². The number of carbonyl (C=O) groups excluding carboxylic acids is 1. The molecule has 1 aromatic carbocycles. The first-order chi connectivity index (χ1) is 7.61. The van der Waals surface area contributed by atoms with Crippen molar-refractivity contribution in [1.82, 2.24) is 0 Å². The van der Waals surface area contributed by atoms with E-state index in [-0.39, 0.29) is 11.7 Å². The average molecular weight is 279 g/mol. The van der Waals surface area contributed by atoms with Crippen LogP contribution in [0.15, 0.2) is 40.4 Å². The van der Waals surface area contributed by atoms with Gasteiger partial charge < -0.3 is 0 Å². The van der Waals surface area contributed by atoms with Crippen LogP contribution in [0.25, 0.3) is 0 Å². The molecule has 1 aromatic rings. The maximum atomic E-state index is 12.0. The summed E-state index contributed by atoms with van der Waals surface area (Å²) in [4.78, 5) is 12.0. The van der Waals surface area contributed by atoms with Crippen LogP contribution in [0.3, 0.4) is 0 Å². The highest BCUT2D eigenvalue weighted by atomic mass is 79.9. The van der Waals surface area contributed by atoms with E-state index in [9.17, 15) is 4.79 Å². The highest BCUT2D eigenvalue weighted by Gasteiger charge is 2.44. The third-order valence-corrected chi connectivity index (χ3v) is 4.19. The molecule has 0 radical (unpaired) electrons. The Kier molecular flexibility index (Phi) is 3.29. The summed E-state index contributed by atoms with van der Waals surface area (Å²) in [5.74, 6) is 0.876. The molecule has 0 unspecified atom stereocenters. The summed E-state index contributed by atoms with van der Waals surface area (Å²) < 4.78 is 0.760. The van der Waals surface area contributed by atoms with E-state index in [1.807, 2.05) is 32.0 Å². The van der Waals surface area contributed by atoms with Crippen molar-refractivity contribution in [1.29, 1.82) is 0 Å². The zero-order valence-corrected chi connectivity index (χ0v) is 11.1. The molecule has 1 fully saturated rings. The number of carbonyl (C=O) groups is 1. The lowest BCUT2D eigenvalue weighted by atomic mass is 10.1. The number of allylic oxidation sites excluding steroid dienone is 2. The SMILES string of the molecule is CC(C)=C(Br)C(=O)[C@@H]1C[C@H]1c1ccccc1. The van der Waals surface area contributed by atoms with Crippen LogP contribution in [0.1, 0.15) is 31.7 Å². The number of rotatable bonds is 3. The topological polar surface area (TPSA) is 17.1 Å². The van der Waals surface area contributed by atoms with E-state index in [1.54, 1.807) is 0 Å². The van der Waals surface area contributed by atoms with E-state index in [0.717, 1.165) is 16.5 Å². The Labute approximate surface area is 105 Å². The van der Waals surface area contributed by atoms with E-state index >= 15 is 0 Å². The molecule has 2 heteroatoms. The Bertz CT molecular complexity index is 429. The quantitative estimate of drug-likeness (QED) is 0.763. The summed E-state index contributed by atoms with van der Waals surface area (Å²) >= 11 is 3.38. The minimum atomic E-state index is 0.187. The van der Waals surface area contributed by atoms with Gasteiger partial charge in [-0.15, -0.1) is 0 Å². The molecule has 1 aliphatic carbocycles. The first-order valence-electron chi connectivity index (χ1n) is 5.53. The number of Topliss-reactive ketones (excluding diaryl/α,β-unsaturated/α-hetero) is 1. The van der Waals surface area contributed by atoms with Crippen LogP contribution in [-0.2, 0) is 4.79 Å². The summed E-state index contributed by atoms with van der Waals surface area (Å²) in [7, 11) is 0. The second kappa shape index (κ2) is 4.54. The van der Waals surface area contributed by atoms with Gasteiger partial charge in [0.15, 0.2) is 5.78 Å². The maximum Gasteiger partial charge on any atom is 0.173 e. The van der Waals surface area contributed by atoms with Gasteiger partial charge in [-0.05, 0) is 47.7 Å². The van der Waals surface area contributed by atoms with Gasteiger partial charge in [0.25, 0.3) is 0 Å². The second-order valence-electron chi connectivity index (χ2n) is 4.54. The highest BCUT2D eigenvalue weighted by Crippen LogP contribution is 2.49. The zero-order chi connectivity index (χ0) is 11.7. The lowest BCUT2D eigenvalue weighted by molar-refractivity contribution is -0.116. The van der Waals surface area contributed by atoms with E-state index in [1.165, 1.54) is 5.56 Å². The van der Waals surface area contributed by atoms with Crippen molar-refractivity contribution < 1.29 is 4.79 Å². The van der Waals surface area contributed by atoms with E-state index in [2.05, 4.69) is 28.1 Å². The second-order valence-corrected chi connectivity index (χ2v) is 5.33. The number of hydrogen-bond donors (Lipinski definition) is 0. The molecular formula is C14H15BrO. The Morgan fingerprint density at radius 3 is 2.44 bits per heavy atom. The molecule has 1 nitrogen and oxygen atoms in total. The van der Waals surface area contributed by atoms with Gasteiger partial charge >= 0.3 is 0 Å². The number of hydrogen-bond acceptors (Lipinski definition) is 1. The fourth-order valence-corrected chi connectivity index (χ4v) is 2.26. The molecule has 0 aliphatic heterocycles. The fourth-order valence-electron chi connectivity index (χ4n) is 1.96. The van der Waals surface area contributed by atoms with Gasteiger partial charge in [-0.1, -0.05) is 35.9 Å². The summed E-state index contributed by atoms with van der Waals surface area (Å²) in [5, 5.41) is 0. The molecule has 2 atom stereocenters. The predicted octanol–water partition coefficient (Wildman–Crippen LogP) is 4.05. The van der Waals surface area contributed by atoms with Crippen LogP contribution in [0.2, 0.25) is 0 Å². The molecule has 0 bridgehead atoms. The van der Waals surface area contributed by atoms with Gasteiger partial charge in [-0.25, -0.2) is 0 Å². The first kappa shape index (κ1) is 11.6. The van der Waals surface area contributed by atoms with Crippen molar-refractivity contribution in [2.75, 3.05) is 0 Å². The first-order valence-corrected chi connectivity index (χ1v) is 6.32. The summed E-state index contributed by atoms with van der Waals surface area (Å²) in [6, 6.07) is 10.3. The molecule has 0 amide bonds. The summed E-state index contributed by atoms with van der Waals surface area (Å²) in [5.41, 5.74) is 2.35. The van der Waals surface area contributed by atoms with Crippen molar-refractivity contribution in [2.45, 2.75) is 26.2 Å². The molecule has 1 saturated carbocycles. The molecule has 84 valence electrons. The van der Waals surface area contributed by atoms with Crippen LogP contribution in [0, 0.1) is 5.92 Å². The molecule has 0 saturated heterocycles. The molecule has 1 aliphatic rings. The number of ketones is 1. The van der Waals surface area contributed by atoms with Gasteiger partial charge in [-0.3, -0.25) is 4.79 Å². The molecule has 0 N–H and O–H groups in total. The van der Waals surface area contributed by atoms with Gasteiger partial charge in [0.1, 0.15) is 0 Å². The normalized spacial score (nSPS) is 22.7. The summed E-state index contributed by atoms with van der Waals surface area (Å²) in [6.45, 7) is 3.92. The molecular weight excluding hydrogens is 264 g/mol. The minimum Gasteiger partial charge on any atom is -0.293 e. The fraction of sp³-hybridized carbons (Fsp3) is 0.357. The van der Waals surface area contributed by atoms with Crippen LogP contribution in [0.4, 0.5) is 0 Å². The monoisotopic (exact) mass is 278 g/mol. The maximum absolute atomic E-state index is 12.0. The van der Waals surface area contributed by atoms with Crippen LogP contribution in [0.5, 0.6) is 0 Å². The molecule has 16 heavy (non-hydrogen) atoms. The van der Waals surface area contributed by atoms with Crippen LogP contribution >= 0.6 is 15.9 Å². The molecule has 0 heterocycles. The Balaban J connectivity index is 2.08.